The number of hydrogen-bond donors (Lipinski definition) is 2. The highest BCUT2D eigenvalue weighted by Gasteiger charge is 2.09. The number of carbonyl (C=O) groups excluding carboxylic acids is 1. The molecule has 6 nitrogen and oxygen atoms in total. The van der Waals surface area contributed by atoms with Crippen molar-refractivity contribution in [1.29, 1.82) is 0 Å². The number of hydrogen-bond acceptors (Lipinski definition) is 3. The first kappa shape index (κ1) is 14.3. The minimum atomic E-state index is -0.0561. The third-order valence-corrected chi connectivity index (χ3v) is 3.14. The molecule has 0 aliphatic carbocycles. The van der Waals surface area contributed by atoms with Crippen molar-refractivity contribution in [2.45, 2.75) is 46.6 Å². The summed E-state index contributed by atoms with van der Waals surface area (Å²) in [4.78, 5) is 11.9. The molecule has 108 valence electrons. The van der Waals surface area contributed by atoms with Crippen molar-refractivity contribution in [3.05, 3.63) is 29.2 Å². The van der Waals surface area contributed by atoms with E-state index in [1.807, 2.05) is 30.7 Å². The lowest BCUT2D eigenvalue weighted by Crippen LogP contribution is -2.15. The quantitative estimate of drug-likeness (QED) is 0.879. The van der Waals surface area contributed by atoms with Crippen molar-refractivity contribution in [1.82, 2.24) is 20.0 Å². The van der Waals surface area contributed by atoms with Crippen LogP contribution in [0.2, 0.25) is 0 Å². The molecular formula is C14H21N5O. The molecule has 0 fully saturated rings. The van der Waals surface area contributed by atoms with Crippen LogP contribution < -0.4 is 5.32 Å². The Balaban J connectivity index is 1.87. The second-order valence-electron chi connectivity index (χ2n) is 5.31. The van der Waals surface area contributed by atoms with Gasteiger partial charge in [-0.05, 0) is 25.8 Å². The summed E-state index contributed by atoms with van der Waals surface area (Å²) < 4.78 is 1.85. The molecule has 2 aromatic rings. The Morgan fingerprint density at radius 3 is 2.70 bits per heavy atom. The Morgan fingerprint density at radius 2 is 2.15 bits per heavy atom. The molecule has 0 aliphatic heterocycles. The first-order valence-electron chi connectivity index (χ1n) is 6.82. The smallest absolute Gasteiger partial charge is 0.227 e. The molecular weight excluding hydrogens is 254 g/mol. The summed E-state index contributed by atoms with van der Waals surface area (Å²) in [5, 5.41) is 14.1. The van der Waals surface area contributed by atoms with Gasteiger partial charge in [0.25, 0.3) is 0 Å². The average molecular weight is 275 g/mol. The molecule has 0 saturated carbocycles. The van der Waals surface area contributed by atoms with Crippen LogP contribution in [0.15, 0.2) is 12.1 Å². The van der Waals surface area contributed by atoms with Crippen LogP contribution in [-0.2, 0) is 11.3 Å². The number of aromatic amines is 1. The van der Waals surface area contributed by atoms with Crippen LogP contribution in [0.25, 0.3) is 0 Å². The molecule has 20 heavy (non-hydrogen) atoms. The summed E-state index contributed by atoms with van der Waals surface area (Å²) in [5.74, 6) is 0.884. The summed E-state index contributed by atoms with van der Waals surface area (Å²) in [5.41, 5.74) is 3.05. The van der Waals surface area contributed by atoms with Gasteiger partial charge in [-0.15, -0.1) is 0 Å². The van der Waals surface area contributed by atoms with Gasteiger partial charge in [-0.3, -0.25) is 14.6 Å². The van der Waals surface area contributed by atoms with Crippen LogP contribution in [0.5, 0.6) is 0 Å². The lowest BCUT2D eigenvalue weighted by Gasteiger charge is -2.04. The maximum absolute atomic E-state index is 11.9. The van der Waals surface area contributed by atoms with Gasteiger partial charge in [0.2, 0.25) is 5.91 Å². The van der Waals surface area contributed by atoms with E-state index in [1.54, 1.807) is 0 Å². The molecule has 2 rings (SSSR count). The van der Waals surface area contributed by atoms with Gasteiger partial charge in [0.1, 0.15) is 0 Å². The highest BCUT2D eigenvalue weighted by molar-refractivity contribution is 5.89. The third kappa shape index (κ3) is 3.46. The molecule has 0 aromatic carbocycles. The largest absolute Gasteiger partial charge is 0.309 e. The van der Waals surface area contributed by atoms with E-state index in [1.165, 1.54) is 0 Å². The van der Waals surface area contributed by atoms with E-state index in [0.29, 0.717) is 24.7 Å². The predicted molar refractivity (Wildman–Crippen MR) is 77.6 cm³/mol. The summed E-state index contributed by atoms with van der Waals surface area (Å²) in [7, 11) is 0. The van der Waals surface area contributed by atoms with Gasteiger partial charge >= 0.3 is 0 Å². The highest BCUT2D eigenvalue weighted by atomic mass is 16.1. The molecule has 0 saturated heterocycles. The number of nitrogens with zero attached hydrogens (tertiary/aromatic N) is 3. The van der Waals surface area contributed by atoms with Crippen LogP contribution in [0.4, 0.5) is 5.82 Å². The molecule has 2 aromatic heterocycles. The number of carbonyl (C=O) groups is 1. The number of aromatic nitrogens is 4. The number of aryl methyl sites for hydroxylation is 3. The maximum Gasteiger partial charge on any atom is 0.227 e. The molecule has 0 unspecified atom stereocenters. The van der Waals surface area contributed by atoms with E-state index < -0.39 is 0 Å². The van der Waals surface area contributed by atoms with Crippen molar-refractivity contribution >= 4 is 11.7 Å². The topological polar surface area (TPSA) is 75.6 Å². The Hall–Kier alpha value is -2.11. The molecule has 0 bridgehead atoms. The monoisotopic (exact) mass is 275 g/mol. The van der Waals surface area contributed by atoms with Crippen molar-refractivity contribution in [3.63, 3.8) is 0 Å². The Bertz CT molecular complexity index is 596. The highest BCUT2D eigenvalue weighted by Crippen LogP contribution is 2.14. The second-order valence-corrected chi connectivity index (χ2v) is 5.31. The number of H-pyrrole nitrogens is 1. The lowest BCUT2D eigenvalue weighted by atomic mass is 10.1. The van der Waals surface area contributed by atoms with Gasteiger partial charge in [-0.2, -0.15) is 10.2 Å². The zero-order chi connectivity index (χ0) is 14.7. The molecule has 1 amide bonds. The number of anilines is 1. The third-order valence-electron chi connectivity index (χ3n) is 3.14. The maximum atomic E-state index is 11.9. The molecule has 0 radical (unpaired) electrons. The molecule has 0 spiro atoms. The number of rotatable bonds is 5. The van der Waals surface area contributed by atoms with Crippen LogP contribution in [-0.4, -0.2) is 25.9 Å². The number of amides is 1. The van der Waals surface area contributed by atoms with Crippen LogP contribution >= 0.6 is 0 Å². The molecule has 0 aliphatic rings. The van der Waals surface area contributed by atoms with Gasteiger partial charge < -0.3 is 5.32 Å². The summed E-state index contributed by atoms with van der Waals surface area (Å²) in [6.45, 7) is 8.65. The second kappa shape index (κ2) is 5.90. The van der Waals surface area contributed by atoms with Crippen molar-refractivity contribution in [3.8, 4) is 0 Å². The zero-order valence-corrected chi connectivity index (χ0v) is 12.4. The van der Waals surface area contributed by atoms with E-state index in [4.69, 9.17) is 0 Å². The lowest BCUT2D eigenvalue weighted by molar-refractivity contribution is -0.116. The Morgan fingerprint density at radius 1 is 1.40 bits per heavy atom. The Labute approximate surface area is 118 Å². The van der Waals surface area contributed by atoms with Crippen LogP contribution in [0.1, 0.15) is 43.3 Å². The van der Waals surface area contributed by atoms with Gasteiger partial charge in [0, 0.05) is 30.4 Å². The average Bonchev–Trinajstić information content (AvgIpc) is 2.94. The summed E-state index contributed by atoms with van der Waals surface area (Å²) in [6, 6.07) is 3.87. The fourth-order valence-corrected chi connectivity index (χ4v) is 2.01. The zero-order valence-electron chi connectivity index (χ0n) is 12.4. The normalized spacial score (nSPS) is 11.1. The van der Waals surface area contributed by atoms with Gasteiger partial charge in [0.05, 0.1) is 5.69 Å². The van der Waals surface area contributed by atoms with E-state index >= 15 is 0 Å². The van der Waals surface area contributed by atoms with Crippen molar-refractivity contribution in [2.24, 2.45) is 0 Å². The summed E-state index contributed by atoms with van der Waals surface area (Å²) >= 11 is 0. The van der Waals surface area contributed by atoms with Crippen LogP contribution in [0.3, 0.4) is 0 Å². The van der Waals surface area contributed by atoms with Gasteiger partial charge in [-0.1, -0.05) is 13.8 Å². The molecule has 2 N–H and O–H groups in total. The predicted octanol–water partition coefficient (Wildman–Crippen LogP) is 2.38. The van der Waals surface area contributed by atoms with E-state index in [2.05, 4.69) is 34.5 Å². The van der Waals surface area contributed by atoms with E-state index in [0.717, 1.165) is 17.1 Å². The molecule has 2 heterocycles. The molecule has 6 heteroatoms. The molecule has 0 atom stereocenters. The first-order chi connectivity index (χ1) is 9.45. The standard InChI is InChI=1S/C14H21N5O/c1-9(2)12-8-13(17-16-12)15-14(20)5-6-19-11(4)7-10(3)18-19/h7-9H,5-6H2,1-4H3,(H2,15,16,17,20). The number of nitrogens with one attached hydrogen (secondary N) is 2. The fraction of sp³-hybridized carbons (Fsp3) is 0.500. The minimum Gasteiger partial charge on any atom is -0.309 e. The Kier molecular flexibility index (Phi) is 4.22. The van der Waals surface area contributed by atoms with Gasteiger partial charge in [-0.25, -0.2) is 0 Å². The van der Waals surface area contributed by atoms with Gasteiger partial charge in [0.15, 0.2) is 5.82 Å². The fourth-order valence-electron chi connectivity index (χ4n) is 2.01. The van der Waals surface area contributed by atoms with Crippen LogP contribution in [0, 0.1) is 13.8 Å². The SMILES string of the molecule is Cc1cc(C)n(CCC(=O)Nc2cc(C(C)C)[nH]n2)n1. The minimum absolute atomic E-state index is 0.0561. The first-order valence-corrected chi connectivity index (χ1v) is 6.82. The summed E-state index contributed by atoms with van der Waals surface area (Å²) in [6.07, 6.45) is 0.381. The van der Waals surface area contributed by atoms with E-state index in [9.17, 15) is 4.79 Å². The van der Waals surface area contributed by atoms with Crippen molar-refractivity contribution in [2.75, 3.05) is 5.32 Å². The van der Waals surface area contributed by atoms with E-state index in [-0.39, 0.29) is 5.91 Å². The van der Waals surface area contributed by atoms with Crippen molar-refractivity contribution < 1.29 is 4.79 Å².